The second-order valence-electron chi connectivity index (χ2n) is 7.84. The van der Waals surface area contributed by atoms with E-state index in [1.807, 2.05) is 19.1 Å². The van der Waals surface area contributed by atoms with Crippen LogP contribution < -0.4 is 9.47 Å². The lowest BCUT2D eigenvalue weighted by Crippen LogP contribution is -2.27. The lowest BCUT2D eigenvalue weighted by Gasteiger charge is -2.15. The molecule has 10 heteroatoms. The smallest absolute Gasteiger partial charge is 0.293 e. The molecule has 3 aromatic carbocycles. The molecule has 0 aliphatic carbocycles. The van der Waals surface area contributed by atoms with Crippen LogP contribution in [-0.4, -0.2) is 22.7 Å². The summed E-state index contributed by atoms with van der Waals surface area (Å²) in [6.45, 7) is 2.58. The second kappa shape index (κ2) is 12.2. The fourth-order valence-corrected chi connectivity index (χ4v) is 5.52. The number of benzene rings is 3. The third kappa shape index (κ3) is 6.41. The molecule has 4 rings (SSSR count). The first-order valence-corrected chi connectivity index (χ1v) is 13.7. The normalized spacial score (nSPS) is 14.2. The van der Waals surface area contributed by atoms with Gasteiger partial charge < -0.3 is 9.47 Å². The Labute approximate surface area is 242 Å². The largest absolute Gasteiger partial charge is 0.490 e. The topological polar surface area (TPSA) is 79.6 Å². The molecule has 0 aromatic heterocycles. The van der Waals surface area contributed by atoms with Crippen LogP contribution in [0.4, 0.5) is 4.79 Å². The average Bonchev–Trinajstić information content (AvgIpc) is 3.13. The number of rotatable bonds is 8. The van der Waals surface area contributed by atoms with E-state index < -0.39 is 5.91 Å². The van der Waals surface area contributed by atoms with Crippen LogP contribution >= 0.6 is 57.6 Å². The Morgan fingerprint density at radius 2 is 1.86 bits per heavy atom. The van der Waals surface area contributed by atoms with Crippen LogP contribution in [0.3, 0.4) is 0 Å². The third-order valence-electron chi connectivity index (χ3n) is 5.34. The predicted molar refractivity (Wildman–Crippen MR) is 154 cm³/mol. The van der Waals surface area contributed by atoms with Crippen LogP contribution in [0, 0.1) is 14.9 Å². The molecule has 0 atom stereocenters. The lowest BCUT2D eigenvalue weighted by molar-refractivity contribution is -0.123. The van der Waals surface area contributed by atoms with E-state index >= 15 is 0 Å². The van der Waals surface area contributed by atoms with Crippen LogP contribution in [0.25, 0.3) is 6.08 Å². The number of hydrogen-bond donors (Lipinski definition) is 0. The van der Waals surface area contributed by atoms with Crippen molar-refractivity contribution in [3.05, 3.63) is 95.4 Å². The minimum absolute atomic E-state index is 0.0367. The van der Waals surface area contributed by atoms with Crippen LogP contribution in [0.5, 0.6) is 11.5 Å². The third-order valence-corrected chi connectivity index (χ3v) is 7.78. The van der Waals surface area contributed by atoms with Gasteiger partial charge in [-0.3, -0.25) is 14.5 Å². The summed E-state index contributed by atoms with van der Waals surface area (Å²) in [5.41, 5.74) is 2.59. The maximum Gasteiger partial charge on any atom is 0.293 e. The molecular formula is C27H19Cl2IN2O4S. The second-order valence-corrected chi connectivity index (χ2v) is 10.8. The number of carbonyl (C=O) groups excluding carboxylic acids is 2. The van der Waals surface area contributed by atoms with Gasteiger partial charge in [0.15, 0.2) is 11.5 Å². The van der Waals surface area contributed by atoms with Crippen LogP contribution in [0.15, 0.2) is 59.5 Å². The number of imide groups is 1. The predicted octanol–water partition coefficient (Wildman–Crippen LogP) is 7.68. The molecule has 188 valence electrons. The van der Waals surface area contributed by atoms with Crippen molar-refractivity contribution in [2.75, 3.05) is 6.61 Å². The standard InChI is InChI=1S/C27H19Cl2IN2O4S/c1-2-35-23-11-17(10-22(30)25(23)36-15-16-7-8-20(28)21(29)9-16)12-24-26(33)32(27(34)37-24)14-19-6-4-3-5-18(19)13-31/h3-12H,2,14-15H2,1H3/b24-12+. The monoisotopic (exact) mass is 664 g/mol. The molecule has 0 radical (unpaired) electrons. The molecule has 0 spiro atoms. The zero-order valence-electron chi connectivity index (χ0n) is 19.5. The molecule has 1 saturated heterocycles. The van der Waals surface area contributed by atoms with E-state index in [2.05, 4.69) is 28.7 Å². The summed E-state index contributed by atoms with van der Waals surface area (Å²) in [6.07, 6.45) is 1.66. The Kier molecular flexibility index (Phi) is 9.03. The Balaban J connectivity index is 1.56. The highest BCUT2D eigenvalue weighted by Crippen LogP contribution is 2.38. The van der Waals surface area contributed by atoms with Gasteiger partial charge in [-0.1, -0.05) is 47.5 Å². The molecule has 37 heavy (non-hydrogen) atoms. The summed E-state index contributed by atoms with van der Waals surface area (Å²) in [4.78, 5) is 27.1. The Hall–Kier alpha value is -2.71. The minimum Gasteiger partial charge on any atom is -0.490 e. The number of halogens is 3. The maximum atomic E-state index is 13.1. The zero-order valence-corrected chi connectivity index (χ0v) is 24.0. The maximum absolute atomic E-state index is 13.1. The minimum atomic E-state index is -0.407. The highest BCUT2D eigenvalue weighted by molar-refractivity contribution is 14.1. The van der Waals surface area contributed by atoms with Crippen molar-refractivity contribution < 1.29 is 19.1 Å². The van der Waals surface area contributed by atoms with Gasteiger partial charge in [-0.15, -0.1) is 0 Å². The molecule has 1 heterocycles. The van der Waals surface area contributed by atoms with Crippen LogP contribution in [-0.2, 0) is 17.9 Å². The molecule has 1 fully saturated rings. The van der Waals surface area contributed by atoms with Crippen molar-refractivity contribution in [3.8, 4) is 17.6 Å². The number of carbonyl (C=O) groups is 2. The summed E-state index contributed by atoms with van der Waals surface area (Å²) in [5.74, 6) is 0.672. The van der Waals surface area contributed by atoms with E-state index in [4.69, 9.17) is 32.7 Å². The van der Waals surface area contributed by atoms with E-state index in [1.54, 1.807) is 48.5 Å². The molecule has 6 nitrogen and oxygen atoms in total. The Bertz CT molecular complexity index is 1450. The van der Waals surface area contributed by atoms with Crippen molar-refractivity contribution in [1.29, 1.82) is 5.26 Å². The molecule has 2 amide bonds. The first-order valence-electron chi connectivity index (χ1n) is 11.1. The first kappa shape index (κ1) is 27.3. The van der Waals surface area contributed by atoms with E-state index in [0.29, 0.717) is 49.7 Å². The number of nitriles is 1. The fourth-order valence-electron chi connectivity index (χ4n) is 3.58. The van der Waals surface area contributed by atoms with Gasteiger partial charge in [0.2, 0.25) is 0 Å². The molecule has 1 aliphatic rings. The Morgan fingerprint density at radius 1 is 1.08 bits per heavy atom. The summed E-state index contributed by atoms with van der Waals surface area (Å²) in [7, 11) is 0. The number of hydrogen-bond acceptors (Lipinski definition) is 6. The highest BCUT2D eigenvalue weighted by atomic mass is 127. The van der Waals surface area contributed by atoms with Gasteiger partial charge in [0.05, 0.1) is 43.3 Å². The summed E-state index contributed by atoms with van der Waals surface area (Å²) < 4.78 is 12.7. The van der Waals surface area contributed by atoms with Gasteiger partial charge in [0.1, 0.15) is 6.61 Å². The lowest BCUT2D eigenvalue weighted by atomic mass is 10.1. The van der Waals surface area contributed by atoms with Crippen molar-refractivity contribution >= 4 is 74.8 Å². The van der Waals surface area contributed by atoms with Gasteiger partial charge >= 0.3 is 0 Å². The van der Waals surface area contributed by atoms with Gasteiger partial charge in [-0.2, -0.15) is 5.26 Å². The SMILES string of the molecule is CCOc1cc(/C=C2/SC(=O)N(Cc3ccccc3C#N)C2=O)cc(I)c1OCc1ccc(Cl)c(Cl)c1. The van der Waals surface area contributed by atoms with Crippen molar-refractivity contribution in [1.82, 2.24) is 4.90 Å². The number of ether oxygens (including phenoxy) is 2. The summed E-state index contributed by atoms with van der Waals surface area (Å²) >= 11 is 15.1. The molecule has 0 unspecified atom stereocenters. The number of amides is 2. The van der Waals surface area contributed by atoms with Gasteiger partial charge in [0, 0.05) is 0 Å². The van der Waals surface area contributed by atoms with Crippen molar-refractivity contribution in [2.45, 2.75) is 20.1 Å². The van der Waals surface area contributed by atoms with Gasteiger partial charge in [0.25, 0.3) is 11.1 Å². The van der Waals surface area contributed by atoms with E-state index in [9.17, 15) is 14.9 Å². The average molecular weight is 665 g/mol. The summed E-state index contributed by atoms with van der Waals surface area (Å²) in [5, 5.41) is 9.86. The number of nitrogens with zero attached hydrogens (tertiary/aromatic N) is 2. The molecular weight excluding hydrogens is 646 g/mol. The molecule has 0 bridgehead atoms. The molecule has 0 saturated carbocycles. The molecule has 1 aliphatic heterocycles. The van der Waals surface area contributed by atoms with E-state index in [1.165, 1.54) is 0 Å². The first-order chi connectivity index (χ1) is 17.8. The van der Waals surface area contributed by atoms with Crippen LogP contribution in [0.2, 0.25) is 10.0 Å². The Morgan fingerprint density at radius 3 is 2.59 bits per heavy atom. The molecule has 3 aromatic rings. The van der Waals surface area contributed by atoms with Gasteiger partial charge in [-0.05, 0) is 94.4 Å². The van der Waals surface area contributed by atoms with Crippen molar-refractivity contribution in [2.24, 2.45) is 0 Å². The molecule has 0 N–H and O–H groups in total. The fraction of sp³-hybridized carbons (Fsp3) is 0.148. The quantitative estimate of drug-likeness (QED) is 0.182. The number of thioether (sulfide) groups is 1. The summed E-state index contributed by atoms with van der Waals surface area (Å²) in [6, 6.07) is 17.9. The van der Waals surface area contributed by atoms with Crippen molar-refractivity contribution in [3.63, 3.8) is 0 Å². The van der Waals surface area contributed by atoms with Gasteiger partial charge in [-0.25, -0.2) is 0 Å². The zero-order chi connectivity index (χ0) is 26.5. The van der Waals surface area contributed by atoms with Crippen LogP contribution in [0.1, 0.15) is 29.2 Å². The highest BCUT2D eigenvalue weighted by Gasteiger charge is 2.35. The van der Waals surface area contributed by atoms with E-state index in [0.717, 1.165) is 25.8 Å². The van der Waals surface area contributed by atoms with E-state index in [-0.39, 0.29) is 18.4 Å².